The quantitative estimate of drug-likeness (QED) is 0.761. The van der Waals surface area contributed by atoms with Crippen LogP contribution in [0.15, 0.2) is 41.6 Å². The third kappa shape index (κ3) is 3.85. The molecule has 0 aliphatic carbocycles. The summed E-state index contributed by atoms with van der Waals surface area (Å²) in [7, 11) is 0. The van der Waals surface area contributed by atoms with Gasteiger partial charge in [0.15, 0.2) is 0 Å². The second kappa shape index (κ2) is 7.36. The molecule has 0 fully saturated rings. The van der Waals surface area contributed by atoms with Crippen molar-refractivity contribution in [2.24, 2.45) is 0 Å². The molecule has 1 aromatic carbocycles. The van der Waals surface area contributed by atoms with E-state index in [2.05, 4.69) is 52.7 Å². The molecule has 2 N–H and O–H groups in total. The Balaban J connectivity index is 2.20. The molecule has 4 heteroatoms. The Kier molecular flexibility index (Phi) is 5.48. The molecule has 1 heterocycles. The van der Waals surface area contributed by atoms with Gasteiger partial charge in [-0.3, -0.25) is 0 Å². The van der Waals surface area contributed by atoms with Crippen LogP contribution in [-0.2, 0) is 6.42 Å². The number of H-pyrrole nitrogens is 1. The van der Waals surface area contributed by atoms with Gasteiger partial charge in [0.05, 0.1) is 0 Å². The topological polar surface area (TPSA) is 40.7 Å². The molecular formula is C15H21N3S. The van der Waals surface area contributed by atoms with Gasteiger partial charge in [-0.2, -0.15) is 0 Å². The van der Waals surface area contributed by atoms with Crippen molar-refractivity contribution < 1.29 is 0 Å². The molecule has 1 atom stereocenters. The average molecular weight is 275 g/mol. The van der Waals surface area contributed by atoms with Gasteiger partial charge in [-0.25, -0.2) is 4.98 Å². The predicted molar refractivity (Wildman–Crippen MR) is 81.5 cm³/mol. The maximum atomic E-state index is 4.34. The van der Waals surface area contributed by atoms with E-state index in [9.17, 15) is 0 Å². The maximum Gasteiger partial charge on any atom is 0.107 e. The van der Waals surface area contributed by atoms with Crippen LogP contribution in [0.25, 0.3) is 0 Å². The molecule has 0 radical (unpaired) electrons. The number of aromatic amines is 1. The van der Waals surface area contributed by atoms with E-state index in [0.717, 1.165) is 25.2 Å². The number of rotatable bonds is 7. The normalized spacial score (nSPS) is 12.5. The first kappa shape index (κ1) is 14.2. The van der Waals surface area contributed by atoms with Crippen LogP contribution in [0, 0.1) is 0 Å². The van der Waals surface area contributed by atoms with Gasteiger partial charge in [-0.05, 0) is 30.9 Å². The monoisotopic (exact) mass is 275 g/mol. The highest BCUT2D eigenvalue weighted by atomic mass is 32.2. The van der Waals surface area contributed by atoms with E-state index in [1.165, 1.54) is 10.5 Å². The fourth-order valence-electron chi connectivity index (χ4n) is 2.17. The summed E-state index contributed by atoms with van der Waals surface area (Å²) >= 11 is 1.80. The smallest absolute Gasteiger partial charge is 0.107 e. The van der Waals surface area contributed by atoms with Gasteiger partial charge in [0.25, 0.3) is 0 Å². The fourth-order valence-corrected chi connectivity index (χ4v) is 2.83. The summed E-state index contributed by atoms with van der Waals surface area (Å²) in [6.07, 6.45) is 7.85. The molecule has 19 heavy (non-hydrogen) atoms. The molecule has 2 aromatic rings. The highest BCUT2D eigenvalue weighted by Gasteiger charge is 2.15. The number of aromatic nitrogens is 2. The minimum absolute atomic E-state index is 0.315. The first-order chi connectivity index (χ1) is 9.35. The third-order valence-corrected chi connectivity index (χ3v) is 3.92. The summed E-state index contributed by atoms with van der Waals surface area (Å²) in [6.45, 7) is 3.21. The summed E-state index contributed by atoms with van der Waals surface area (Å²) in [6, 6.07) is 8.91. The Bertz CT molecular complexity index is 482. The summed E-state index contributed by atoms with van der Waals surface area (Å²) in [4.78, 5) is 8.87. The number of nitrogens with zero attached hydrogens (tertiary/aromatic N) is 1. The number of hydrogen-bond acceptors (Lipinski definition) is 3. The second-order valence-electron chi connectivity index (χ2n) is 4.49. The summed E-state index contributed by atoms with van der Waals surface area (Å²) in [5.41, 5.74) is 1.36. The Morgan fingerprint density at radius 3 is 2.89 bits per heavy atom. The van der Waals surface area contributed by atoms with Crippen molar-refractivity contribution in [3.63, 3.8) is 0 Å². The largest absolute Gasteiger partial charge is 0.349 e. The lowest BCUT2D eigenvalue weighted by molar-refractivity contribution is 0.514. The van der Waals surface area contributed by atoms with Crippen LogP contribution < -0.4 is 5.32 Å². The van der Waals surface area contributed by atoms with Crippen molar-refractivity contribution in [2.75, 3.05) is 12.8 Å². The first-order valence-corrected chi connectivity index (χ1v) is 7.92. The summed E-state index contributed by atoms with van der Waals surface area (Å²) in [5.74, 6) is 1.03. The van der Waals surface area contributed by atoms with E-state index >= 15 is 0 Å². The van der Waals surface area contributed by atoms with Crippen molar-refractivity contribution >= 4 is 11.8 Å². The van der Waals surface area contributed by atoms with Gasteiger partial charge >= 0.3 is 0 Å². The van der Waals surface area contributed by atoms with E-state index in [0.29, 0.717) is 6.04 Å². The molecule has 0 spiro atoms. The van der Waals surface area contributed by atoms with Gasteiger partial charge < -0.3 is 10.3 Å². The van der Waals surface area contributed by atoms with Gasteiger partial charge in [0.1, 0.15) is 5.82 Å². The highest BCUT2D eigenvalue weighted by molar-refractivity contribution is 7.98. The standard InChI is InChI=1S/C15H21N3S/c1-3-8-16-13(11-15-17-9-10-18-15)12-6-4-5-7-14(12)19-2/h4-7,9-10,13,16H,3,8,11H2,1-2H3,(H,17,18). The zero-order valence-corrected chi connectivity index (χ0v) is 12.3. The summed E-state index contributed by atoms with van der Waals surface area (Å²) in [5, 5.41) is 3.63. The Labute approximate surface area is 119 Å². The molecule has 1 aromatic heterocycles. The van der Waals surface area contributed by atoms with Crippen molar-refractivity contribution in [1.82, 2.24) is 15.3 Å². The maximum absolute atomic E-state index is 4.34. The average Bonchev–Trinajstić information content (AvgIpc) is 2.96. The van der Waals surface area contributed by atoms with Gasteiger partial charge in [0, 0.05) is 29.8 Å². The van der Waals surface area contributed by atoms with E-state index in [1.54, 1.807) is 11.8 Å². The van der Waals surface area contributed by atoms with E-state index in [1.807, 2.05) is 12.4 Å². The molecule has 0 bridgehead atoms. The molecular weight excluding hydrogens is 254 g/mol. The molecule has 0 saturated carbocycles. The zero-order chi connectivity index (χ0) is 13.5. The first-order valence-electron chi connectivity index (χ1n) is 6.69. The van der Waals surface area contributed by atoms with Gasteiger partial charge in [-0.15, -0.1) is 11.8 Å². The number of benzene rings is 1. The second-order valence-corrected chi connectivity index (χ2v) is 5.34. The van der Waals surface area contributed by atoms with E-state index in [4.69, 9.17) is 0 Å². The van der Waals surface area contributed by atoms with Crippen molar-refractivity contribution in [3.8, 4) is 0 Å². The minimum Gasteiger partial charge on any atom is -0.349 e. The molecule has 2 rings (SSSR count). The van der Waals surface area contributed by atoms with E-state index in [-0.39, 0.29) is 0 Å². The van der Waals surface area contributed by atoms with Crippen molar-refractivity contribution in [1.29, 1.82) is 0 Å². The molecule has 0 saturated heterocycles. The lowest BCUT2D eigenvalue weighted by Crippen LogP contribution is -2.25. The molecule has 0 aliphatic rings. The lowest BCUT2D eigenvalue weighted by Gasteiger charge is -2.20. The Morgan fingerprint density at radius 2 is 2.21 bits per heavy atom. The molecule has 0 aliphatic heterocycles. The third-order valence-electron chi connectivity index (χ3n) is 3.11. The van der Waals surface area contributed by atoms with Crippen molar-refractivity contribution in [2.45, 2.75) is 30.7 Å². The highest BCUT2D eigenvalue weighted by Crippen LogP contribution is 2.27. The van der Waals surface area contributed by atoms with Crippen LogP contribution in [0.3, 0.4) is 0 Å². The molecule has 3 nitrogen and oxygen atoms in total. The van der Waals surface area contributed by atoms with Gasteiger partial charge in [-0.1, -0.05) is 25.1 Å². The number of hydrogen-bond donors (Lipinski definition) is 2. The number of nitrogens with one attached hydrogen (secondary N) is 2. The number of imidazole rings is 1. The molecule has 1 unspecified atom stereocenters. The van der Waals surface area contributed by atoms with Crippen LogP contribution in [-0.4, -0.2) is 22.8 Å². The summed E-state index contributed by atoms with van der Waals surface area (Å²) < 4.78 is 0. The van der Waals surface area contributed by atoms with Crippen molar-refractivity contribution in [3.05, 3.63) is 48.0 Å². The molecule has 0 amide bonds. The van der Waals surface area contributed by atoms with E-state index < -0.39 is 0 Å². The van der Waals surface area contributed by atoms with Crippen LogP contribution >= 0.6 is 11.8 Å². The SMILES string of the molecule is CCCNC(Cc1ncc[nH]1)c1ccccc1SC. The van der Waals surface area contributed by atoms with Crippen LogP contribution in [0.2, 0.25) is 0 Å². The molecule has 102 valence electrons. The minimum atomic E-state index is 0.315. The Hall–Kier alpha value is -1.26. The zero-order valence-electron chi connectivity index (χ0n) is 11.5. The lowest BCUT2D eigenvalue weighted by atomic mass is 10.0. The van der Waals surface area contributed by atoms with Crippen LogP contribution in [0.4, 0.5) is 0 Å². The van der Waals surface area contributed by atoms with Crippen LogP contribution in [0.5, 0.6) is 0 Å². The number of thioether (sulfide) groups is 1. The van der Waals surface area contributed by atoms with Crippen LogP contribution in [0.1, 0.15) is 30.8 Å². The Morgan fingerprint density at radius 1 is 1.37 bits per heavy atom. The van der Waals surface area contributed by atoms with Gasteiger partial charge in [0.2, 0.25) is 0 Å². The predicted octanol–water partition coefficient (Wildman–Crippen LogP) is 3.42. The fraction of sp³-hybridized carbons (Fsp3) is 0.400.